The fourth-order valence-electron chi connectivity index (χ4n) is 4.12. The van der Waals surface area contributed by atoms with Crippen molar-refractivity contribution in [3.63, 3.8) is 0 Å². The van der Waals surface area contributed by atoms with Gasteiger partial charge in [-0.1, -0.05) is 12.1 Å². The Morgan fingerprint density at radius 3 is 2.33 bits per heavy atom. The topological polar surface area (TPSA) is 49.6 Å². The number of para-hydroxylation sites is 2. The minimum absolute atomic E-state index is 0.0912. The van der Waals surface area contributed by atoms with E-state index >= 15 is 0 Å². The predicted octanol–water partition coefficient (Wildman–Crippen LogP) is 3.93. The number of nitrogens with zero attached hydrogens (tertiary/aromatic N) is 2. The second-order valence-corrected chi connectivity index (χ2v) is 7.11. The molecule has 0 bridgehead atoms. The molecule has 2 aromatic carbocycles. The van der Waals surface area contributed by atoms with E-state index in [1.807, 2.05) is 29.2 Å². The molecular weight excluding hydrogens is 355 g/mol. The number of alkyl halides is 3. The number of piperidine rings is 1. The number of anilines is 3. The van der Waals surface area contributed by atoms with Crippen LogP contribution in [-0.2, 0) is 11.0 Å². The van der Waals surface area contributed by atoms with Crippen LogP contribution in [0.1, 0.15) is 18.4 Å². The summed E-state index contributed by atoms with van der Waals surface area (Å²) in [4.78, 5) is 16.0. The lowest BCUT2D eigenvalue weighted by atomic mass is 9.87. The molecule has 2 aromatic rings. The first kappa shape index (κ1) is 17.7. The fourth-order valence-corrected chi connectivity index (χ4v) is 4.12. The number of amides is 1. The highest BCUT2D eigenvalue weighted by Crippen LogP contribution is 2.43. The number of halogens is 3. The third-order valence-electron chi connectivity index (χ3n) is 5.50. The zero-order chi connectivity index (χ0) is 19.2. The van der Waals surface area contributed by atoms with Crippen molar-refractivity contribution in [3.8, 4) is 0 Å². The fraction of sp³-hybridized carbons (Fsp3) is 0.350. The first-order valence-corrected chi connectivity index (χ1v) is 8.94. The van der Waals surface area contributed by atoms with Gasteiger partial charge in [0, 0.05) is 30.7 Å². The van der Waals surface area contributed by atoms with E-state index in [9.17, 15) is 18.0 Å². The molecule has 27 heavy (non-hydrogen) atoms. The molecule has 0 unspecified atom stereocenters. The van der Waals surface area contributed by atoms with Crippen LogP contribution in [0.25, 0.3) is 0 Å². The summed E-state index contributed by atoms with van der Waals surface area (Å²) in [5.41, 5.74) is 7.55. The van der Waals surface area contributed by atoms with E-state index < -0.39 is 11.7 Å². The van der Waals surface area contributed by atoms with Gasteiger partial charge in [0.1, 0.15) is 0 Å². The zero-order valence-corrected chi connectivity index (χ0v) is 14.6. The maximum absolute atomic E-state index is 12.9. The number of hydrogen-bond donors (Lipinski definition) is 1. The van der Waals surface area contributed by atoms with E-state index in [0.717, 1.165) is 36.5 Å². The van der Waals surface area contributed by atoms with Crippen molar-refractivity contribution in [1.82, 2.24) is 0 Å². The summed E-state index contributed by atoms with van der Waals surface area (Å²) in [6.07, 6.45) is -2.98. The van der Waals surface area contributed by atoms with Crippen LogP contribution in [0.4, 0.5) is 30.2 Å². The highest BCUT2D eigenvalue weighted by atomic mass is 19.4. The highest BCUT2D eigenvalue weighted by Gasteiger charge is 2.38. The second-order valence-electron chi connectivity index (χ2n) is 7.11. The minimum Gasteiger partial charge on any atom is -0.369 e. The van der Waals surface area contributed by atoms with Gasteiger partial charge in [0.2, 0.25) is 5.91 Å². The molecule has 0 aliphatic carbocycles. The molecule has 0 saturated carbocycles. The van der Waals surface area contributed by atoms with Crippen molar-refractivity contribution in [2.24, 2.45) is 11.7 Å². The molecule has 4 rings (SSSR count). The number of fused-ring (bicyclic) bond motifs is 3. The summed E-state index contributed by atoms with van der Waals surface area (Å²) in [7, 11) is 0. The molecule has 2 heterocycles. The molecule has 0 radical (unpaired) electrons. The van der Waals surface area contributed by atoms with Crippen LogP contribution >= 0.6 is 0 Å². The van der Waals surface area contributed by atoms with Gasteiger partial charge >= 0.3 is 6.18 Å². The number of primary amides is 1. The smallest absolute Gasteiger partial charge is 0.369 e. The number of nitrogens with two attached hydrogens (primary N) is 1. The minimum atomic E-state index is -4.35. The maximum atomic E-state index is 12.9. The predicted molar refractivity (Wildman–Crippen MR) is 97.9 cm³/mol. The second kappa shape index (κ2) is 6.48. The van der Waals surface area contributed by atoms with Crippen LogP contribution in [0.15, 0.2) is 48.5 Å². The first-order chi connectivity index (χ1) is 12.8. The summed E-state index contributed by atoms with van der Waals surface area (Å²) >= 11 is 0. The van der Waals surface area contributed by atoms with Crippen LogP contribution in [0.2, 0.25) is 0 Å². The molecule has 142 valence electrons. The lowest BCUT2D eigenvalue weighted by Crippen LogP contribution is -2.53. The third kappa shape index (κ3) is 3.22. The van der Waals surface area contributed by atoms with Crippen molar-refractivity contribution < 1.29 is 18.0 Å². The standard InChI is InChI=1S/C20H20F3N3O/c21-20(22,23)14-5-7-15(8-6-14)26-12-16-11-13(19(24)27)9-10-25(16)17-3-1-2-4-18(17)26/h1-8,13,16H,9-12H2,(H2,24,27)/t13-,16+/m0/s1. The van der Waals surface area contributed by atoms with Crippen molar-refractivity contribution in [2.45, 2.75) is 25.1 Å². The molecule has 2 aliphatic rings. The van der Waals surface area contributed by atoms with Crippen LogP contribution < -0.4 is 15.5 Å². The molecule has 4 nitrogen and oxygen atoms in total. The Morgan fingerprint density at radius 2 is 1.70 bits per heavy atom. The molecule has 2 N–H and O–H groups in total. The van der Waals surface area contributed by atoms with E-state index in [4.69, 9.17) is 5.73 Å². The van der Waals surface area contributed by atoms with Gasteiger partial charge in [-0.25, -0.2) is 0 Å². The average molecular weight is 375 g/mol. The number of hydrogen-bond acceptors (Lipinski definition) is 3. The van der Waals surface area contributed by atoms with Gasteiger partial charge in [-0.2, -0.15) is 13.2 Å². The van der Waals surface area contributed by atoms with E-state index in [2.05, 4.69) is 4.90 Å². The Bertz CT molecular complexity index is 850. The Kier molecular flexibility index (Phi) is 4.25. The average Bonchev–Trinajstić information content (AvgIpc) is 2.66. The zero-order valence-electron chi connectivity index (χ0n) is 14.6. The molecule has 2 atom stereocenters. The molecule has 0 aromatic heterocycles. The first-order valence-electron chi connectivity index (χ1n) is 8.94. The summed E-state index contributed by atoms with van der Waals surface area (Å²) in [5, 5.41) is 0. The summed E-state index contributed by atoms with van der Waals surface area (Å²) < 4.78 is 38.6. The number of benzene rings is 2. The quantitative estimate of drug-likeness (QED) is 0.865. The van der Waals surface area contributed by atoms with Gasteiger partial charge in [-0.05, 0) is 49.2 Å². The Morgan fingerprint density at radius 1 is 1.04 bits per heavy atom. The molecule has 1 saturated heterocycles. The molecular formula is C20H20F3N3O. The normalized spacial score (nSPS) is 22.2. The van der Waals surface area contributed by atoms with E-state index in [-0.39, 0.29) is 17.9 Å². The summed E-state index contributed by atoms with van der Waals surface area (Å²) in [6.45, 7) is 1.35. The highest BCUT2D eigenvalue weighted by molar-refractivity contribution is 5.81. The van der Waals surface area contributed by atoms with Gasteiger partial charge in [-0.3, -0.25) is 4.79 Å². The Hall–Kier alpha value is -2.70. The van der Waals surface area contributed by atoms with Gasteiger partial charge < -0.3 is 15.5 Å². The van der Waals surface area contributed by atoms with Crippen molar-refractivity contribution in [3.05, 3.63) is 54.1 Å². The van der Waals surface area contributed by atoms with Crippen LogP contribution in [-0.4, -0.2) is 25.0 Å². The molecule has 1 amide bonds. The Labute approximate surface area is 155 Å². The van der Waals surface area contributed by atoms with Crippen molar-refractivity contribution in [2.75, 3.05) is 22.9 Å². The van der Waals surface area contributed by atoms with E-state index in [1.165, 1.54) is 12.1 Å². The van der Waals surface area contributed by atoms with Crippen molar-refractivity contribution >= 4 is 23.0 Å². The van der Waals surface area contributed by atoms with Crippen molar-refractivity contribution in [1.29, 1.82) is 0 Å². The van der Waals surface area contributed by atoms with Gasteiger partial charge in [0.05, 0.1) is 16.9 Å². The summed E-state index contributed by atoms with van der Waals surface area (Å²) in [6, 6.07) is 13.2. The number of carbonyl (C=O) groups is 1. The van der Waals surface area contributed by atoms with Gasteiger partial charge in [0.25, 0.3) is 0 Å². The van der Waals surface area contributed by atoms with Crippen LogP contribution in [0.3, 0.4) is 0 Å². The van der Waals surface area contributed by atoms with Crippen LogP contribution in [0.5, 0.6) is 0 Å². The van der Waals surface area contributed by atoms with Gasteiger partial charge in [-0.15, -0.1) is 0 Å². The lowest BCUT2D eigenvalue weighted by Gasteiger charge is -2.48. The van der Waals surface area contributed by atoms with E-state index in [1.54, 1.807) is 0 Å². The Balaban J connectivity index is 1.69. The number of rotatable bonds is 2. The monoisotopic (exact) mass is 375 g/mol. The summed E-state index contributed by atoms with van der Waals surface area (Å²) in [5.74, 6) is -0.444. The molecule has 0 spiro atoms. The molecule has 1 fully saturated rings. The molecule has 7 heteroatoms. The van der Waals surface area contributed by atoms with Gasteiger partial charge in [0.15, 0.2) is 0 Å². The van der Waals surface area contributed by atoms with E-state index in [0.29, 0.717) is 18.7 Å². The SMILES string of the molecule is NC(=O)[C@H]1CCN2c3ccccc3N(c3ccc(C(F)(F)F)cc3)C[C@H]2C1. The largest absolute Gasteiger partial charge is 0.416 e. The lowest BCUT2D eigenvalue weighted by molar-refractivity contribution is -0.137. The molecule has 2 aliphatic heterocycles. The maximum Gasteiger partial charge on any atom is 0.416 e. The number of carbonyl (C=O) groups excluding carboxylic acids is 1. The third-order valence-corrected chi connectivity index (χ3v) is 5.50. The van der Waals surface area contributed by atoms with Crippen LogP contribution in [0, 0.1) is 5.92 Å².